The van der Waals surface area contributed by atoms with Crippen LogP contribution in [0.3, 0.4) is 0 Å². The molecule has 338 valence electrons. The lowest BCUT2D eigenvalue weighted by atomic mass is 9.84. The predicted octanol–water partition coefficient (Wildman–Crippen LogP) is 19.4. The molecule has 0 atom stereocenters. The minimum atomic E-state index is 1.10. The fourth-order valence-electron chi connectivity index (χ4n) is 12.4. The summed E-state index contributed by atoms with van der Waals surface area (Å²) in [5.41, 5.74) is 15.6. The molecule has 0 unspecified atom stereocenters. The van der Waals surface area contributed by atoms with Crippen molar-refractivity contribution in [1.29, 1.82) is 0 Å². The van der Waals surface area contributed by atoms with Crippen LogP contribution in [0.5, 0.6) is 0 Å². The normalized spacial score (nSPS) is 11.8. The molecule has 0 amide bonds. The zero-order valence-electron chi connectivity index (χ0n) is 39.8. The molecule has 2 nitrogen and oxygen atoms in total. The topological polar surface area (TPSA) is 17.8 Å². The Labute approximate surface area is 422 Å². The van der Waals surface area contributed by atoms with Gasteiger partial charge in [-0.3, -0.25) is 4.98 Å². The zero-order valence-corrected chi connectivity index (χ0v) is 39.8. The number of hydrogen-bond acceptors (Lipinski definition) is 1. The van der Waals surface area contributed by atoms with Crippen LogP contribution in [0.1, 0.15) is 0 Å². The van der Waals surface area contributed by atoms with Gasteiger partial charge in [0.2, 0.25) is 0 Å². The highest BCUT2D eigenvalue weighted by molar-refractivity contribution is 6.27. The van der Waals surface area contributed by atoms with Gasteiger partial charge in [-0.25, -0.2) is 0 Å². The monoisotopic (exact) mass is 924 g/mol. The number of rotatable bonds is 6. The summed E-state index contributed by atoms with van der Waals surface area (Å²) in [6.07, 6.45) is 3.99. The Hall–Kier alpha value is -9.63. The Morgan fingerprint density at radius 2 is 0.740 bits per heavy atom. The Balaban J connectivity index is 1.02. The van der Waals surface area contributed by atoms with E-state index in [9.17, 15) is 0 Å². The number of aromatic nitrogens is 2. The van der Waals surface area contributed by atoms with Crippen molar-refractivity contribution < 1.29 is 0 Å². The summed E-state index contributed by atoms with van der Waals surface area (Å²) in [4.78, 5) is 4.80. The highest BCUT2D eigenvalue weighted by atomic mass is 15.0. The maximum atomic E-state index is 4.80. The number of nitrogens with zero attached hydrogens (tertiary/aromatic N) is 2. The van der Waals surface area contributed by atoms with Crippen LogP contribution in [0.25, 0.3) is 148 Å². The van der Waals surface area contributed by atoms with E-state index in [4.69, 9.17) is 4.98 Å². The van der Waals surface area contributed by atoms with Gasteiger partial charge in [0.1, 0.15) is 0 Å². The first kappa shape index (κ1) is 41.2. The Kier molecular flexibility index (Phi) is 9.30. The van der Waals surface area contributed by atoms with Crippen LogP contribution in [-0.2, 0) is 0 Å². The summed E-state index contributed by atoms with van der Waals surface area (Å²) >= 11 is 0. The molecule has 2 aromatic heterocycles. The zero-order chi connectivity index (χ0) is 48.0. The van der Waals surface area contributed by atoms with E-state index in [1.807, 2.05) is 6.20 Å². The van der Waals surface area contributed by atoms with Crippen molar-refractivity contribution >= 4 is 86.4 Å². The van der Waals surface area contributed by atoms with Crippen molar-refractivity contribution in [2.45, 2.75) is 0 Å². The van der Waals surface area contributed by atoms with Gasteiger partial charge >= 0.3 is 0 Å². The first-order chi connectivity index (χ1) is 36.3. The molecule has 0 N–H and O–H groups in total. The van der Waals surface area contributed by atoms with E-state index >= 15 is 0 Å². The third kappa shape index (κ3) is 6.34. The van der Waals surface area contributed by atoms with Crippen molar-refractivity contribution in [2.24, 2.45) is 0 Å². The van der Waals surface area contributed by atoms with Gasteiger partial charge in [0.15, 0.2) is 0 Å². The van der Waals surface area contributed by atoms with Crippen molar-refractivity contribution in [3.05, 3.63) is 267 Å². The predicted molar refractivity (Wildman–Crippen MR) is 311 cm³/mol. The smallest absolute Gasteiger partial charge is 0.0620 e. The fourth-order valence-corrected chi connectivity index (χ4v) is 12.4. The second-order valence-electron chi connectivity index (χ2n) is 19.3. The molecular weight excluding hydrogens is 881 g/mol. The van der Waals surface area contributed by atoms with Crippen LogP contribution >= 0.6 is 0 Å². The molecule has 0 saturated carbocycles. The summed E-state index contributed by atoms with van der Waals surface area (Å²) in [5, 5.41) is 17.0. The highest BCUT2D eigenvalue weighted by Crippen LogP contribution is 2.49. The third-order valence-electron chi connectivity index (χ3n) is 15.4. The van der Waals surface area contributed by atoms with Crippen molar-refractivity contribution in [3.8, 4) is 61.3 Å². The standard InChI is InChI=1S/C71H44N2/c1-4-20-46(21-5-1)67-54-29-13-14-30-55(54)68(47-22-6-2-7-23-47)62-41-49(35-37-58(62)67)61-43-64-65-44-72-40-39-66(65)73(71(64)60-33-17-12-28-52(60)61)50-36-38-59-63(42-50)69(48-24-8-3-9-25-48)56-31-15-16-32-57(56)70(59)53-34-18-26-45-19-10-11-27-51(45)53/h1-44H. The molecule has 2 heteroatoms. The molecule has 0 aliphatic heterocycles. The molecule has 0 aliphatic rings. The van der Waals surface area contributed by atoms with Gasteiger partial charge in [0.05, 0.1) is 11.0 Å². The molecule has 73 heavy (non-hydrogen) atoms. The van der Waals surface area contributed by atoms with E-state index in [0.29, 0.717) is 0 Å². The lowest BCUT2D eigenvalue weighted by molar-refractivity contribution is 1.19. The number of benzene rings is 13. The van der Waals surface area contributed by atoms with Crippen LogP contribution in [0.15, 0.2) is 267 Å². The molecule has 15 aromatic rings. The number of hydrogen-bond donors (Lipinski definition) is 0. The van der Waals surface area contributed by atoms with Gasteiger partial charge < -0.3 is 4.57 Å². The largest absolute Gasteiger partial charge is 0.308 e. The maximum absolute atomic E-state index is 4.80. The summed E-state index contributed by atoms with van der Waals surface area (Å²) in [6, 6.07) is 94.1. The van der Waals surface area contributed by atoms with Crippen LogP contribution in [0.4, 0.5) is 0 Å². The first-order valence-electron chi connectivity index (χ1n) is 25.2. The molecule has 0 radical (unpaired) electrons. The minimum Gasteiger partial charge on any atom is -0.308 e. The SMILES string of the molecule is c1ccc(-c2c3ccccc3c(-c3ccccc3)c3cc(-c4cc5c6cnccc6n(-c6ccc7c(-c8cccc9ccccc89)c8ccccc8c(-c8ccccc8)c7c6)c5c5ccccc45)ccc23)cc1. The average Bonchev–Trinajstić information content (AvgIpc) is 3.80. The number of fused-ring (bicyclic) bond motifs is 10. The van der Waals surface area contributed by atoms with Gasteiger partial charge in [-0.2, -0.15) is 0 Å². The van der Waals surface area contributed by atoms with Gasteiger partial charge in [-0.05, 0) is 145 Å². The van der Waals surface area contributed by atoms with Gasteiger partial charge in [0.25, 0.3) is 0 Å². The quantitative estimate of drug-likeness (QED) is 0.152. The van der Waals surface area contributed by atoms with Gasteiger partial charge in [0, 0.05) is 34.2 Å². The second-order valence-corrected chi connectivity index (χ2v) is 19.3. The lowest BCUT2D eigenvalue weighted by Gasteiger charge is -2.20. The van der Waals surface area contributed by atoms with E-state index < -0.39 is 0 Å². The summed E-state index contributed by atoms with van der Waals surface area (Å²) in [5.74, 6) is 0. The third-order valence-corrected chi connectivity index (χ3v) is 15.4. The lowest BCUT2D eigenvalue weighted by Crippen LogP contribution is -1.97. The van der Waals surface area contributed by atoms with E-state index in [0.717, 1.165) is 16.6 Å². The molecule has 13 aromatic carbocycles. The summed E-state index contributed by atoms with van der Waals surface area (Å²) < 4.78 is 2.49. The van der Waals surface area contributed by atoms with Crippen molar-refractivity contribution in [1.82, 2.24) is 9.55 Å². The average molecular weight is 925 g/mol. The van der Waals surface area contributed by atoms with E-state index in [2.05, 4.69) is 266 Å². The van der Waals surface area contributed by atoms with E-state index in [-0.39, 0.29) is 0 Å². The molecule has 2 heterocycles. The van der Waals surface area contributed by atoms with Crippen LogP contribution in [0.2, 0.25) is 0 Å². The Bertz CT molecular complexity index is 4700. The molecular formula is C71H44N2. The molecule has 0 fully saturated rings. The van der Waals surface area contributed by atoms with E-state index in [1.165, 1.54) is 131 Å². The maximum Gasteiger partial charge on any atom is 0.0620 e. The van der Waals surface area contributed by atoms with Crippen LogP contribution < -0.4 is 0 Å². The van der Waals surface area contributed by atoms with Crippen LogP contribution in [0, 0.1) is 0 Å². The Morgan fingerprint density at radius 3 is 1.38 bits per heavy atom. The first-order valence-corrected chi connectivity index (χ1v) is 25.2. The molecule has 0 spiro atoms. The van der Waals surface area contributed by atoms with E-state index in [1.54, 1.807) is 0 Å². The molecule has 0 saturated heterocycles. The van der Waals surface area contributed by atoms with Crippen LogP contribution in [-0.4, -0.2) is 9.55 Å². The summed E-state index contributed by atoms with van der Waals surface area (Å²) in [7, 11) is 0. The Morgan fingerprint density at radius 1 is 0.260 bits per heavy atom. The minimum absolute atomic E-state index is 1.10. The van der Waals surface area contributed by atoms with Gasteiger partial charge in [-0.15, -0.1) is 0 Å². The highest BCUT2D eigenvalue weighted by Gasteiger charge is 2.23. The van der Waals surface area contributed by atoms with Gasteiger partial charge in [-0.1, -0.05) is 224 Å². The fraction of sp³-hybridized carbons (Fsp3) is 0. The van der Waals surface area contributed by atoms with Crippen molar-refractivity contribution in [3.63, 3.8) is 0 Å². The second kappa shape index (κ2) is 16.5. The number of pyridine rings is 1. The summed E-state index contributed by atoms with van der Waals surface area (Å²) in [6.45, 7) is 0. The van der Waals surface area contributed by atoms with Crippen molar-refractivity contribution in [2.75, 3.05) is 0 Å². The molecule has 0 bridgehead atoms. The molecule has 0 aliphatic carbocycles. The molecule has 15 rings (SSSR count).